The SMILES string of the molecule is O=C1OCC(c2ccn[nH]2)N1c1ccccc1. The molecule has 1 amide bonds. The molecule has 0 radical (unpaired) electrons. The average molecular weight is 229 g/mol. The molecule has 1 aliphatic heterocycles. The van der Waals surface area contributed by atoms with E-state index in [1.165, 1.54) is 0 Å². The fourth-order valence-corrected chi connectivity index (χ4v) is 1.98. The Balaban J connectivity index is 1.98. The molecule has 1 N–H and O–H groups in total. The molecule has 1 aromatic carbocycles. The van der Waals surface area contributed by atoms with Crippen LogP contribution in [0.4, 0.5) is 10.5 Å². The van der Waals surface area contributed by atoms with Crippen LogP contribution in [0.15, 0.2) is 42.6 Å². The van der Waals surface area contributed by atoms with Gasteiger partial charge < -0.3 is 4.74 Å². The van der Waals surface area contributed by atoms with Gasteiger partial charge in [0, 0.05) is 11.9 Å². The second-order valence-corrected chi connectivity index (χ2v) is 3.81. The number of H-pyrrole nitrogens is 1. The molecule has 1 aromatic heterocycles. The van der Waals surface area contributed by atoms with Crippen molar-refractivity contribution < 1.29 is 9.53 Å². The second kappa shape index (κ2) is 3.93. The highest BCUT2D eigenvalue weighted by Crippen LogP contribution is 2.31. The molecule has 0 bridgehead atoms. The average Bonchev–Trinajstić information content (AvgIpc) is 2.98. The highest BCUT2D eigenvalue weighted by Gasteiger charge is 2.35. The summed E-state index contributed by atoms with van der Waals surface area (Å²) in [5.74, 6) is 0. The van der Waals surface area contributed by atoms with Crippen LogP contribution in [0.5, 0.6) is 0 Å². The molecule has 1 fully saturated rings. The van der Waals surface area contributed by atoms with Gasteiger partial charge >= 0.3 is 6.09 Å². The summed E-state index contributed by atoms with van der Waals surface area (Å²) in [6.07, 6.45) is 1.34. The van der Waals surface area contributed by atoms with Crippen LogP contribution in [0.3, 0.4) is 0 Å². The summed E-state index contributed by atoms with van der Waals surface area (Å²) in [6.45, 7) is 0.343. The smallest absolute Gasteiger partial charge is 0.415 e. The van der Waals surface area contributed by atoms with E-state index >= 15 is 0 Å². The van der Waals surface area contributed by atoms with Crippen LogP contribution in [0.1, 0.15) is 11.7 Å². The number of cyclic esters (lactones) is 1. The lowest BCUT2D eigenvalue weighted by Crippen LogP contribution is -2.27. The Morgan fingerprint density at radius 2 is 2.12 bits per heavy atom. The number of hydrogen-bond donors (Lipinski definition) is 1. The lowest BCUT2D eigenvalue weighted by atomic mass is 10.2. The maximum Gasteiger partial charge on any atom is 0.415 e. The number of aromatic nitrogens is 2. The summed E-state index contributed by atoms with van der Waals surface area (Å²) in [5, 5.41) is 6.78. The zero-order valence-electron chi connectivity index (χ0n) is 9.04. The van der Waals surface area contributed by atoms with Crippen LogP contribution in [0, 0.1) is 0 Å². The van der Waals surface area contributed by atoms with Gasteiger partial charge in [0.05, 0.1) is 5.69 Å². The number of carbonyl (C=O) groups excluding carboxylic acids is 1. The van der Waals surface area contributed by atoms with Crippen molar-refractivity contribution in [3.8, 4) is 0 Å². The number of hydrogen-bond acceptors (Lipinski definition) is 3. The minimum atomic E-state index is -0.323. The molecule has 1 aliphatic rings. The molecule has 1 unspecified atom stereocenters. The quantitative estimate of drug-likeness (QED) is 0.857. The molecule has 1 atom stereocenters. The van der Waals surface area contributed by atoms with Crippen molar-refractivity contribution in [2.24, 2.45) is 0 Å². The van der Waals surface area contributed by atoms with Gasteiger partial charge in [0.15, 0.2) is 0 Å². The number of para-hydroxylation sites is 1. The molecular weight excluding hydrogens is 218 g/mol. The fraction of sp³-hybridized carbons (Fsp3) is 0.167. The molecule has 86 valence electrons. The van der Waals surface area contributed by atoms with Crippen LogP contribution in [-0.4, -0.2) is 22.9 Å². The van der Waals surface area contributed by atoms with Crippen LogP contribution in [-0.2, 0) is 4.74 Å². The number of ether oxygens (including phenoxy) is 1. The Kier molecular flexibility index (Phi) is 2.29. The number of rotatable bonds is 2. The van der Waals surface area contributed by atoms with E-state index in [1.807, 2.05) is 36.4 Å². The molecule has 0 saturated carbocycles. The molecule has 0 aliphatic carbocycles. The normalized spacial score (nSPS) is 19.4. The third-order valence-electron chi connectivity index (χ3n) is 2.79. The van der Waals surface area contributed by atoms with Crippen molar-refractivity contribution >= 4 is 11.8 Å². The standard InChI is InChI=1S/C12H11N3O2/c16-12-15(9-4-2-1-3-5-9)11(8-17-12)10-6-7-13-14-10/h1-7,11H,8H2,(H,13,14). The fourth-order valence-electron chi connectivity index (χ4n) is 1.98. The van der Waals surface area contributed by atoms with Gasteiger partial charge in [-0.3, -0.25) is 10.00 Å². The number of nitrogens with zero attached hydrogens (tertiary/aromatic N) is 2. The number of aromatic amines is 1. The van der Waals surface area contributed by atoms with E-state index in [0.717, 1.165) is 11.4 Å². The summed E-state index contributed by atoms with van der Waals surface area (Å²) in [5.41, 5.74) is 1.70. The van der Waals surface area contributed by atoms with Crippen molar-refractivity contribution in [1.82, 2.24) is 10.2 Å². The Morgan fingerprint density at radius 1 is 1.29 bits per heavy atom. The molecule has 0 spiro atoms. The highest BCUT2D eigenvalue weighted by molar-refractivity contribution is 5.90. The second-order valence-electron chi connectivity index (χ2n) is 3.81. The molecule has 1 saturated heterocycles. The third kappa shape index (κ3) is 1.65. The van der Waals surface area contributed by atoms with Gasteiger partial charge in [0.1, 0.15) is 12.6 Å². The van der Waals surface area contributed by atoms with Gasteiger partial charge in [-0.2, -0.15) is 5.10 Å². The molecule has 2 aromatic rings. The van der Waals surface area contributed by atoms with E-state index in [1.54, 1.807) is 11.1 Å². The Hall–Kier alpha value is -2.30. The number of nitrogens with one attached hydrogen (secondary N) is 1. The highest BCUT2D eigenvalue weighted by atomic mass is 16.6. The van der Waals surface area contributed by atoms with Gasteiger partial charge in [-0.25, -0.2) is 4.79 Å². The predicted molar refractivity (Wildman–Crippen MR) is 61.6 cm³/mol. The lowest BCUT2D eigenvalue weighted by Gasteiger charge is -2.19. The van der Waals surface area contributed by atoms with E-state index in [9.17, 15) is 4.79 Å². The lowest BCUT2D eigenvalue weighted by molar-refractivity contribution is 0.178. The van der Waals surface area contributed by atoms with E-state index < -0.39 is 0 Å². The van der Waals surface area contributed by atoms with Crippen molar-refractivity contribution in [2.45, 2.75) is 6.04 Å². The van der Waals surface area contributed by atoms with Crippen LogP contribution in [0.2, 0.25) is 0 Å². The summed E-state index contributed by atoms with van der Waals surface area (Å²) in [6, 6.07) is 11.2. The first-order valence-electron chi connectivity index (χ1n) is 5.36. The number of anilines is 1. The zero-order chi connectivity index (χ0) is 11.7. The van der Waals surface area contributed by atoms with Crippen molar-refractivity contribution in [1.29, 1.82) is 0 Å². The Morgan fingerprint density at radius 3 is 2.82 bits per heavy atom. The first-order chi connectivity index (χ1) is 8.36. The summed E-state index contributed by atoms with van der Waals surface area (Å²) >= 11 is 0. The van der Waals surface area contributed by atoms with Crippen molar-refractivity contribution in [3.63, 3.8) is 0 Å². The largest absolute Gasteiger partial charge is 0.446 e. The summed E-state index contributed by atoms with van der Waals surface area (Å²) < 4.78 is 5.10. The Bertz CT molecular complexity index is 510. The van der Waals surface area contributed by atoms with E-state index in [0.29, 0.717) is 6.61 Å². The van der Waals surface area contributed by atoms with Gasteiger partial charge in [0.25, 0.3) is 0 Å². The predicted octanol–water partition coefficient (Wildman–Crippen LogP) is 2.11. The maximum atomic E-state index is 11.7. The summed E-state index contributed by atoms with van der Waals surface area (Å²) in [7, 11) is 0. The van der Waals surface area contributed by atoms with E-state index in [4.69, 9.17) is 4.74 Å². The molecule has 5 heteroatoms. The molecular formula is C12H11N3O2. The van der Waals surface area contributed by atoms with Crippen molar-refractivity contribution in [3.05, 3.63) is 48.3 Å². The van der Waals surface area contributed by atoms with Gasteiger partial charge in [0.2, 0.25) is 0 Å². The third-order valence-corrected chi connectivity index (χ3v) is 2.79. The van der Waals surface area contributed by atoms with Crippen LogP contribution >= 0.6 is 0 Å². The number of amides is 1. The van der Waals surface area contributed by atoms with Gasteiger partial charge in [-0.15, -0.1) is 0 Å². The number of carbonyl (C=O) groups is 1. The molecule has 17 heavy (non-hydrogen) atoms. The van der Waals surface area contributed by atoms with Gasteiger partial charge in [-0.1, -0.05) is 18.2 Å². The maximum absolute atomic E-state index is 11.7. The first kappa shape index (κ1) is 9.89. The van der Waals surface area contributed by atoms with E-state index in [-0.39, 0.29) is 12.1 Å². The molecule has 2 heterocycles. The molecule has 3 rings (SSSR count). The van der Waals surface area contributed by atoms with E-state index in [2.05, 4.69) is 10.2 Å². The zero-order valence-corrected chi connectivity index (χ0v) is 9.04. The monoisotopic (exact) mass is 229 g/mol. The minimum Gasteiger partial charge on any atom is -0.446 e. The van der Waals surface area contributed by atoms with Crippen LogP contribution < -0.4 is 4.90 Å². The van der Waals surface area contributed by atoms with Crippen molar-refractivity contribution in [2.75, 3.05) is 11.5 Å². The van der Waals surface area contributed by atoms with Gasteiger partial charge in [-0.05, 0) is 18.2 Å². The number of benzene rings is 1. The molecule has 5 nitrogen and oxygen atoms in total. The summed E-state index contributed by atoms with van der Waals surface area (Å²) in [4.78, 5) is 13.4. The minimum absolute atomic E-state index is 0.132. The first-order valence-corrected chi connectivity index (χ1v) is 5.36. The topological polar surface area (TPSA) is 58.2 Å². The Labute approximate surface area is 98.0 Å². The van der Waals surface area contributed by atoms with Crippen LogP contribution in [0.25, 0.3) is 0 Å².